The maximum atomic E-state index is 12.3. The molecule has 0 aliphatic heterocycles. The minimum Gasteiger partial charge on any atom is -0.347 e. The number of carbonyl (C=O) groups is 1. The van der Waals surface area contributed by atoms with Crippen molar-refractivity contribution in [1.82, 2.24) is 30.0 Å². The van der Waals surface area contributed by atoms with Crippen LogP contribution in [-0.4, -0.2) is 30.6 Å². The van der Waals surface area contributed by atoms with Gasteiger partial charge in [0.1, 0.15) is 11.5 Å². The van der Waals surface area contributed by atoms with Gasteiger partial charge in [-0.25, -0.2) is 9.97 Å². The SMILES string of the molecule is Cc1ncc(CNC(=O)c2cc(-c3cnn(C(C)C)c3)ccn2)cn1. The molecule has 0 fully saturated rings. The van der Waals surface area contributed by atoms with Crippen LogP contribution in [0.4, 0.5) is 0 Å². The van der Waals surface area contributed by atoms with E-state index in [1.807, 2.05) is 23.9 Å². The van der Waals surface area contributed by atoms with E-state index >= 15 is 0 Å². The van der Waals surface area contributed by atoms with Gasteiger partial charge in [-0.05, 0) is 38.5 Å². The third kappa shape index (κ3) is 4.06. The lowest BCUT2D eigenvalue weighted by Crippen LogP contribution is -2.24. The molecular formula is C18H20N6O. The van der Waals surface area contributed by atoms with Gasteiger partial charge in [-0.3, -0.25) is 14.5 Å². The van der Waals surface area contributed by atoms with Crippen molar-refractivity contribution in [2.24, 2.45) is 0 Å². The van der Waals surface area contributed by atoms with E-state index in [0.717, 1.165) is 16.7 Å². The molecule has 128 valence electrons. The van der Waals surface area contributed by atoms with Crippen LogP contribution in [0, 0.1) is 6.92 Å². The summed E-state index contributed by atoms with van der Waals surface area (Å²) in [4.78, 5) is 24.7. The molecule has 0 saturated heterocycles. The van der Waals surface area contributed by atoms with Crippen LogP contribution in [0.1, 0.15) is 41.8 Å². The second-order valence-electron chi connectivity index (χ2n) is 6.05. The Bertz CT molecular complexity index is 869. The number of nitrogens with zero attached hydrogens (tertiary/aromatic N) is 5. The summed E-state index contributed by atoms with van der Waals surface area (Å²) in [5.41, 5.74) is 3.07. The van der Waals surface area contributed by atoms with Crippen LogP contribution in [0.15, 0.2) is 43.1 Å². The van der Waals surface area contributed by atoms with Crippen molar-refractivity contribution in [2.45, 2.75) is 33.4 Å². The molecule has 7 nitrogen and oxygen atoms in total. The van der Waals surface area contributed by atoms with Crippen LogP contribution in [0.2, 0.25) is 0 Å². The van der Waals surface area contributed by atoms with Gasteiger partial charge in [-0.15, -0.1) is 0 Å². The minimum absolute atomic E-state index is 0.237. The lowest BCUT2D eigenvalue weighted by molar-refractivity contribution is 0.0946. The molecule has 0 radical (unpaired) electrons. The second kappa shape index (κ2) is 7.21. The Morgan fingerprint density at radius 2 is 1.92 bits per heavy atom. The van der Waals surface area contributed by atoms with Crippen molar-refractivity contribution in [2.75, 3.05) is 0 Å². The zero-order valence-corrected chi connectivity index (χ0v) is 14.5. The maximum Gasteiger partial charge on any atom is 0.270 e. The third-order valence-corrected chi connectivity index (χ3v) is 3.74. The molecule has 1 N–H and O–H groups in total. The van der Waals surface area contributed by atoms with Crippen molar-refractivity contribution >= 4 is 5.91 Å². The summed E-state index contributed by atoms with van der Waals surface area (Å²) >= 11 is 0. The molecule has 7 heteroatoms. The van der Waals surface area contributed by atoms with Crippen molar-refractivity contribution in [3.63, 3.8) is 0 Å². The van der Waals surface area contributed by atoms with Crippen LogP contribution < -0.4 is 5.32 Å². The Morgan fingerprint density at radius 1 is 1.16 bits per heavy atom. The van der Waals surface area contributed by atoms with Gasteiger partial charge >= 0.3 is 0 Å². The van der Waals surface area contributed by atoms with Crippen molar-refractivity contribution < 1.29 is 4.79 Å². The largest absolute Gasteiger partial charge is 0.347 e. The number of hydrogen-bond acceptors (Lipinski definition) is 5. The molecule has 0 aliphatic rings. The molecule has 3 aromatic heterocycles. The molecule has 1 amide bonds. The monoisotopic (exact) mass is 336 g/mol. The summed E-state index contributed by atoms with van der Waals surface area (Å²) in [5, 5.41) is 7.17. The van der Waals surface area contributed by atoms with E-state index in [4.69, 9.17) is 0 Å². The summed E-state index contributed by atoms with van der Waals surface area (Å²) in [5.74, 6) is 0.463. The fourth-order valence-corrected chi connectivity index (χ4v) is 2.29. The van der Waals surface area contributed by atoms with E-state index in [9.17, 15) is 4.79 Å². The number of pyridine rings is 1. The van der Waals surface area contributed by atoms with Gasteiger partial charge in [0.25, 0.3) is 5.91 Å². The van der Waals surface area contributed by atoms with Crippen LogP contribution in [0.3, 0.4) is 0 Å². The number of aryl methyl sites for hydroxylation is 1. The molecule has 3 heterocycles. The number of aromatic nitrogens is 5. The quantitative estimate of drug-likeness (QED) is 0.774. The first kappa shape index (κ1) is 16.8. The Balaban J connectivity index is 1.71. The smallest absolute Gasteiger partial charge is 0.270 e. The van der Waals surface area contributed by atoms with Crippen LogP contribution in [-0.2, 0) is 6.54 Å². The highest BCUT2D eigenvalue weighted by Crippen LogP contribution is 2.20. The van der Waals surface area contributed by atoms with Gasteiger partial charge in [0.05, 0.1) is 6.20 Å². The number of rotatable bonds is 5. The zero-order chi connectivity index (χ0) is 17.8. The summed E-state index contributed by atoms with van der Waals surface area (Å²) in [6.45, 7) is 6.31. The Kier molecular flexibility index (Phi) is 4.83. The molecule has 3 rings (SSSR count). The average molecular weight is 336 g/mol. The molecule has 0 bridgehead atoms. The predicted octanol–water partition coefficient (Wildman–Crippen LogP) is 2.55. The van der Waals surface area contributed by atoms with Gasteiger partial charge in [0, 0.05) is 48.5 Å². The Hall–Kier alpha value is -3.09. The van der Waals surface area contributed by atoms with Crippen molar-refractivity contribution in [3.8, 4) is 11.1 Å². The molecule has 0 spiro atoms. The Labute approximate surface area is 146 Å². The van der Waals surface area contributed by atoms with Crippen LogP contribution in [0.5, 0.6) is 0 Å². The van der Waals surface area contributed by atoms with Crippen LogP contribution >= 0.6 is 0 Å². The molecule has 0 atom stereocenters. The number of nitrogens with one attached hydrogen (secondary N) is 1. The molecule has 0 aromatic carbocycles. The third-order valence-electron chi connectivity index (χ3n) is 3.74. The topological polar surface area (TPSA) is 85.6 Å². The highest BCUT2D eigenvalue weighted by molar-refractivity contribution is 5.93. The zero-order valence-electron chi connectivity index (χ0n) is 14.5. The van der Waals surface area contributed by atoms with Gasteiger partial charge in [0.2, 0.25) is 0 Å². The van der Waals surface area contributed by atoms with E-state index in [1.165, 1.54) is 0 Å². The van der Waals surface area contributed by atoms with E-state index < -0.39 is 0 Å². The average Bonchev–Trinajstić information content (AvgIpc) is 3.11. The molecule has 0 saturated carbocycles. The second-order valence-corrected chi connectivity index (χ2v) is 6.05. The van der Waals surface area contributed by atoms with Crippen molar-refractivity contribution in [3.05, 3.63) is 60.2 Å². The highest BCUT2D eigenvalue weighted by atomic mass is 16.1. The first-order valence-electron chi connectivity index (χ1n) is 8.09. The van der Waals surface area contributed by atoms with Gasteiger partial charge in [0.15, 0.2) is 0 Å². The van der Waals surface area contributed by atoms with E-state index in [1.54, 1.807) is 30.9 Å². The maximum absolute atomic E-state index is 12.3. The van der Waals surface area contributed by atoms with Crippen molar-refractivity contribution in [1.29, 1.82) is 0 Å². The normalized spacial score (nSPS) is 10.9. The minimum atomic E-state index is -0.237. The van der Waals surface area contributed by atoms with E-state index in [-0.39, 0.29) is 11.9 Å². The molecule has 0 unspecified atom stereocenters. The number of hydrogen-bond donors (Lipinski definition) is 1. The van der Waals surface area contributed by atoms with Gasteiger partial charge in [-0.2, -0.15) is 5.10 Å². The van der Waals surface area contributed by atoms with E-state index in [2.05, 4.69) is 39.2 Å². The predicted molar refractivity (Wildman–Crippen MR) is 93.8 cm³/mol. The Morgan fingerprint density at radius 3 is 2.60 bits per heavy atom. The lowest BCUT2D eigenvalue weighted by atomic mass is 10.1. The summed E-state index contributed by atoms with van der Waals surface area (Å²) < 4.78 is 1.88. The first-order chi connectivity index (χ1) is 12.0. The van der Waals surface area contributed by atoms with Gasteiger partial charge in [-0.1, -0.05) is 0 Å². The number of carbonyl (C=O) groups excluding carboxylic acids is 1. The van der Waals surface area contributed by atoms with E-state index in [0.29, 0.717) is 18.1 Å². The summed E-state index contributed by atoms with van der Waals surface area (Å²) in [6, 6.07) is 3.92. The molecule has 25 heavy (non-hydrogen) atoms. The lowest BCUT2D eigenvalue weighted by Gasteiger charge is -2.06. The molecular weight excluding hydrogens is 316 g/mol. The summed E-state index contributed by atoms with van der Waals surface area (Å²) in [6.07, 6.45) is 8.79. The standard InChI is InChI=1S/C18H20N6O/c1-12(2)24-11-16(10-23-24)15-4-5-19-17(6-15)18(25)22-9-14-7-20-13(3)21-8-14/h4-8,10-12H,9H2,1-3H3,(H,22,25). The fourth-order valence-electron chi connectivity index (χ4n) is 2.29. The number of amides is 1. The molecule has 3 aromatic rings. The first-order valence-corrected chi connectivity index (χ1v) is 8.09. The summed E-state index contributed by atoms with van der Waals surface area (Å²) in [7, 11) is 0. The fraction of sp³-hybridized carbons (Fsp3) is 0.278. The molecule has 0 aliphatic carbocycles. The van der Waals surface area contributed by atoms with Crippen LogP contribution in [0.25, 0.3) is 11.1 Å². The highest BCUT2D eigenvalue weighted by Gasteiger charge is 2.10. The van der Waals surface area contributed by atoms with Gasteiger partial charge < -0.3 is 5.32 Å².